The molecule has 0 aromatic rings. The van der Waals surface area contributed by atoms with E-state index >= 15 is 0 Å². The highest BCUT2D eigenvalue weighted by Gasteiger charge is 2.40. The van der Waals surface area contributed by atoms with Gasteiger partial charge in [0.05, 0.1) is 18.2 Å². The van der Waals surface area contributed by atoms with E-state index in [1.54, 1.807) is 7.11 Å². The Morgan fingerprint density at radius 3 is 3.00 bits per heavy atom. The molecule has 2 saturated heterocycles. The van der Waals surface area contributed by atoms with Gasteiger partial charge in [0.1, 0.15) is 0 Å². The van der Waals surface area contributed by atoms with Crippen LogP contribution in [-0.2, 0) is 9.47 Å². The molecule has 5 heteroatoms. The fourth-order valence-electron chi connectivity index (χ4n) is 2.43. The van der Waals surface area contributed by atoms with Crippen molar-refractivity contribution in [2.75, 3.05) is 20.3 Å². The van der Waals surface area contributed by atoms with Crippen molar-refractivity contribution in [1.29, 1.82) is 0 Å². The molecule has 0 aliphatic carbocycles. The van der Waals surface area contributed by atoms with Gasteiger partial charge in [-0.15, -0.1) is 0 Å². The molecule has 2 N–H and O–H groups in total. The number of hydrogen-bond acceptors (Lipinski definition) is 3. The van der Waals surface area contributed by atoms with Crippen molar-refractivity contribution in [1.82, 2.24) is 10.6 Å². The third kappa shape index (κ3) is 3.06. The number of rotatable bonds is 5. The number of methoxy groups -OCH3 is 1. The Balaban J connectivity index is 1.60. The average Bonchev–Trinajstić information content (AvgIpc) is 2.86. The maximum absolute atomic E-state index is 5.76. The number of hydrogen-bond donors (Lipinski definition) is 2. The quantitative estimate of drug-likeness (QED) is 0.553. The van der Waals surface area contributed by atoms with Crippen molar-refractivity contribution in [2.45, 2.75) is 43.9 Å². The largest absolute Gasteiger partial charge is 0.385 e. The lowest BCUT2D eigenvalue weighted by molar-refractivity contribution is 0.0993. The molecule has 0 aromatic carbocycles. The molecular formula is C11H20N2O2S. The molecule has 3 atom stereocenters. The van der Waals surface area contributed by atoms with Crippen LogP contribution in [0.2, 0.25) is 0 Å². The van der Waals surface area contributed by atoms with Crippen LogP contribution in [0.3, 0.4) is 0 Å². The van der Waals surface area contributed by atoms with Crippen LogP contribution in [0.5, 0.6) is 0 Å². The van der Waals surface area contributed by atoms with Gasteiger partial charge in [0.25, 0.3) is 0 Å². The number of nitrogens with one attached hydrogen (secondary N) is 2. The standard InChI is InChI=1S/C11H20N2O2S/c1-14-6-2-5-12-11(16)13-9-7-8-3-4-10(9)15-8/h8-10H,2-7H2,1H3,(H2,12,13,16). The summed E-state index contributed by atoms with van der Waals surface area (Å²) in [6.45, 7) is 1.63. The van der Waals surface area contributed by atoms with Gasteiger partial charge in [0.15, 0.2) is 5.11 Å². The molecule has 0 aromatic heterocycles. The first-order valence-electron chi connectivity index (χ1n) is 5.98. The second-order valence-electron chi connectivity index (χ2n) is 4.46. The van der Waals surface area contributed by atoms with Gasteiger partial charge in [-0.05, 0) is 37.9 Å². The van der Waals surface area contributed by atoms with E-state index in [-0.39, 0.29) is 0 Å². The molecule has 2 aliphatic rings. The van der Waals surface area contributed by atoms with Gasteiger partial charge in [-0.1, -0.05) is 0 Å². The van der Waals surface area contributed by atoms with Crippen LogP contribution < -0.4 is 10.6 Å². The van der Waals surface area contributed by atoms with Crippen LogP contribution in [0, 0.1) is 0 Å². The fourth-order valence-corrected chi connectivity index (χ4v) is 2.68. The first-order valence-corrected chi connectivity index (χ1v) is 6.39. The summed E-state index contributed by atoms with van der Waals surface area (Å²) in [6, 6.07) is 0.418. The molecule has 2 fully saturated rings. The molecule has 2 bridgehead atoms. The Hall–Kier alpha value is -0.390. The van der Waals surface area contributed by atoms with Crippen molar-refractivity contribution >= 4 is 17.3 Å². The lowest BCUT2D eigenvalue weighted by Gasteiger charge is -2.22. The zero-order chi connectivity index (χ0) is 11.4. The summed E-state index contributed by atoms with van der Waals surface area (Å²) < 4.78 is 10.7. The van der Waals surface area contributed by atoms with Crippen molar-refractivity contribution in [2.24, 2.45) is 0 Å². The second kappa shape index (κ2) is 5.80. The van der Waals surface area contributed by atoms with Crippen molar-refractivity contribution in [3.05, 3.63) is 0 Å². The molecule has 0 amide bonds. The predicted octanol–water partition coefficient (Wildman–Crippen LogP) is 0.807. The maximum Gasteiger partial charge on any atom is 0.166 e. The SMILES string of the molecule is COCCCNC(=S)NC1CC2CCC1O2. The van der Waals surface area contributed by atoms with Gasteiger partial charge in [-0.3, -0.25) is 0 Å². The Bertz CT molecular complexity index is 250. The molecule has 2 rings (SSSR count). The Morgan fingerprint density at radius 1 is 1.50 bits per heavy atom. The first-order chi connectivity index (χ1) is 7.79. The maximum atomic E-state index is 5.76. The van der Waals surface area contributed by atoms with Crippen LogP contribution in [0.25, 0.3) is 0 Å². The van der Waals surface area contributed by atoms with Crippen LogP contribution in [0.4, 0.5) is 0 Å². The monoisotopic (exact) mass is 244 g/mol. The summed E-state index contributed by atoms with van der Waals surface area (Å²) in [6.07, 6.45) is 5.32. The number of fused-ring (bicyclic) bond motifs is 2. The average molecular weight is 244 g/mol. The lowest BCUT2D eigenvalue weighted by Crippen LogP contribution is -2.46. The number of thiocarbonyl (C=S) groups is 1. The van der Waals surface area contributed by atoms with E-state index < -0.39 is 0 Å². The third-order valence-corrected chi connectivity index (χ3v) is 3.50. The van der Waals surface area contributed by atoms with Crippen LogP contribution in [0.15, 0.2) is 0 Å². The van der Waals surface area contributed by atoms with Crippen molar-refractivity contribution in [3.8, 4) is 0 Å². The van der Waals surface area contributed by atoms with E-state index in [1.807, 2.05) is 0 Å². The molecule has 92 valence electrons. The van der Waals surface area contributed by atoms with Gasteiger partial charge in [0, 0.05) is 20.3 Å². The highest BCUT2D eigenvalue weighted by atomic mass is 32.1. The molecule has 3 unspecified atom stereocenters. The third-order valence-electron chi connectivity index (χ3n) is 3.23. The second-order valence-corrected chi connectivity index (χ2v) is 4.87. The molecule has 2 aliphatic heterocycles. The minimum atomic E-state index is 0.378. The first kappa shape index (κ1) is 12.1. The van der Waals surface area contributed by atoms with Gasteiger partial charge >= 0.3 is 0 Å². The van der Waals surface area contributed by atoms with E-state index in [4.69, 9.17) is 21.7 Å². The molecule has 4 nitrogen and oxygen atoms in total. The summed E-state index contributed by atoms with van der Waals surface area (Å²) in [7, 11) is 1.71. The van der Waals surface area contributed by atoms with Crippen molar-refractivity contribution < 1.29 is 9.47 Å². The summed E-state index contributed by atoms with van der Waals surface area (Å²) in [5.74, 6) is 0. The molecule has 0 saturated carbocycles. The normalized spacial score (nSPS) is 31.7. The Kier molecular flexibility index (Phi) is 4.37. The van der Waals surface area contributed by atoms with Crippen LogP contribution in [-0.4, -0.2) is 43.6 Å². The zero-order valence-corrected chi connectivity index (χ0v) is 10.5. The smallest absolute Gasteiger partial charge is 0.166 e. The Labute approximate surface area is 102 Å². The van der Waals surface area contributed by atoms with E-state index in [0.29, 0.717) is 18.2 Å². The minimum Gasteiger partial charge on any atom is -0.385 e. The molecular weight excluding hydrogens is 224 g/mol. The van der Waals surface area contributed by atoms with Gasteiger partial charge < -0.3 is 20.1 Å². The van der Waals surface area contributed by atoms with Crippen LogP contribution in [0.1, 0.15) is 25.7 Å². The summed E-state index contributed by atoms with van der Waals surface area (Å²) in [5, 5.41) is 7.28. The predicted molar refractivity (Wildman–Crippen MR) is 66.5 cm³/mol. The number of ether oxygens (including phenoxy) is 2. The Morgan fingerprint density at radius 2 is 2.38 bits per heavy atom. The molecule has 0 spiro atoms. The molecule has 16 heavy (non-hydrogen) atoms. The van der Waals surface area contributed by atoms with Gasteiger partial charge in [0.2, 0.25) is 0 Å². The summed E-state index contributed by atoms with van der Waals surface area (Å²) in [5.41, 5.74) is 0. The zero-order valence-electron chi connectivity index (χ0n) is 9.70. The van der Waals surface area contributed by atoms with Crippen molar-refractivity contribution in [3.63, 3.8) is 0 Å². The topological polar surface area (TPSA) is 42.5 Å². The fraction of sp³-hybridized carbons (Fsp3) is 0.909. The lowest BCUT2D eigenvalue weighted by atomic mass is 9.96. The van der Waals surface area contributed by atoms with Gasteiger partial charge in [-0.25, -0.2) is 0 Å². The van der Waals surface area contributed by atoms with E-state index in [9.17, 15) is 0 Å². The van der Waals surface area contributed by atoms with Crippen LogP contribution >= 0.6 is 12.2 Å². The highest BCUT2D eigenvalue weighted by Crippen LogP contribution is 2.34. The van der Waals surface area contributed by atoms with E-state index in [2.05, 4.69) is 10.6 Å². The summed E-state index contributed by atoms with van der Waals surface area (Å²) in [4.78, 5) is 0. The highest BCUT2D eigenvalue weighted by molar-refractivity contribution is 7.80. The van der Waals surface area contributed by atoms with Gasteiger partial charge in [-0.2, -0.15) is 0 Å². The minimum absolute atomic E-state index is 0.378. The van der Waals surface area contributed by atoms with E-state index in [1.165, 1.54) is 12.8 Å². The summed E-state index contributed by atoms with van der Waals surface area (Å²) >= 11 is 5.24. The van der Waals surface area contributed by atoms with E-state index in [0.717, 1.165) is 31.1 Å². The molecule has 2 heterocycles. The molecule has 0 radical (unpaired) electrons.